The van der Waals surface area contributed by atoms with Crippen LogP contribution in [0.3, 0.4) is 0 Å². The van der Waals surface area contributed by atoms with E-state index in [1.807, 2.05) is 0 Å². The number of Topliss-reactive ketones (excluding diaryl/α,β-unsaturated/α-hetero) is 1. The number of ketones is 1. The summed E-state index contributed by atoms with van der Waals surface area (Å²) in [5, 5.41) is 5.95. The molecule has 1 saturated heterocycles. The van der Waals surface area contributed by atoms with Gasteiger partial charge in [-0.25, -0.2) is 4.79 Å². The Bertz CT molecular complexity index is 364. The van der Waals surface area contributed by atoms with Crippen LogP contribution in [0.4, 0.5) is 0 Å². The maximum atomic E-state index is 11.3. The molecule has 1 atom stereocenters. The van der Waals surface area contributed by atoms with Crippen molar-refractivity contribution in [2.75, 3.05) is 13.2 Å². The van der Waals surface area contributed by atoms with Crippen LogP contribution in [0.25, 0.3) is 0 Å². The molecular weight excluding hydrogens is 228 g/mol. The number of nitrogens with zero attached hydrogens (tertiary/aromatic N) is 1. The normalized spacial score (nSPS) is 19.8. The van der Waals surface area contributed by atoms with Crippen LogP contribution >= 0.6 is 0 Å². The van der Waals surface area contributed by atoms with Crippen LogP contribution in [0.2, 0.25) is 0 Å². The third-order valence-corrected chi connectivity index (χ3v) is 2.07. The molecule has 7 heteroatoms. The van der Waals surface area contributed by atoms with E-state index in [-0.39, 0.29) is 12.5 Å². The zero-order valence-electron chi connectivity index (χ0n) is 9.69. The van der Waals surface area contributed by atoms with E-state index in [2.05, 4.69) is 15.2 Å². The number of amides is 1. The van der Waals surface area contributed by atoms with E-state index in [0.29, 0.717) is 13.0 Å². The predicted molar refractivity (Wildman–Crippen MR) is 57.2 cm³/mol. The molecule has 94 valence electrons. The third kappa shape index (κ3) is 3.54. The monoisotopic (exact) mass is 242 g/mol. The topological polar surface area (TPSA) is 94.1 Å². The summed E-state index contributed by atoms with van der Waals surface area (Å²) in [5.74, 6) is -1.72. The average Bonchev–Trinajstić information content (AvgIpc) is 2.64. The number of rotatable bonds is 5. The highest BCUT2D eigenvalue weighted by Crippen LogP contribution is 2.05. The van der Waals surface area contributed by atoms with Crippen molar-refractivity contribution in [1.29, 1.82) is 0 Å². The quantitative estimate of drug-likeness (QED) is 0.300. The van der Waals surface area contributed by atoms with Gasteiger partial charge in [0.2, 0.25) is 11.8 Å². The smallest absolute Gasteiger partial charge is 0.364 e. The SMILES string of the molecule is CCOC(=O)/C(=N/O[C@H]1CCNC1=O)C(C)=O. The first-order chi connectivity index (χ1) is 8.06. The molecule has 1 rings (SSSR count). The number of esters is 1. The van der Waals surface area contributed by atoms with Gasteiger partial charge in [0.1, 0.15) is 0 Å². The average molecular weight is 242 g/mol. The Balaban J connectivity index is 2.67. The second kappa shape index (κ2) is 5.97. The van der Waals surface area contributed by atoms with Crippen molar-refractivity contribution < 1.29 is 24.0 Å². The fourth-order valence-corrected chi connectivity index (χ4v) is 1.23. The number of carbonyl (C=O) groups is 3. The molecule has 0 aromatic rings. The fourth-order valence-electron chi connectivity index (χ4n) is 1.23. The predicted octanol–water partition coefficient (Wildman–Crippen LogP) is -0.600. The Morgan fingerprint density at radius 1 is 1.53 bits per heavy atom. The van der Waals surface area contributed by atoms with Gasteiger partial charge in [-0.3, -0.25) is 9.59 Å². The molecule has 0 unspecified atom stereocenters. The van der Waals surface area contributed by atoms with Gasteiger partial charge in [-0.05, 0) is 6.92 Å². The third-order valence-electron chi connectivity index (χ3n) is 2.07. The van der Waals surface area contributed by atoms with E-state index in [0.717, 1.165) is 0 Å². The van der Waals surface area contributed by atoms with E-state index < -0.39 is 23.6 Å². The Kier molecular flexibility index (Phi) is 4.62. The van der Waals surface area contributed by atoms with Crippen LogP contribution in [0, 0.1) is 0 Å². The van der Waals surface area contributed by atoms with Gasteiger partial charge in [-0.1, -0.05) is 5.16 Å². The summed E-state index contributed by atoms with van der Waals surface area (Å²) in [4.78, 5) is 38.5. The van der Waals surface area contributed by atoms with Gasteiger partial charge >= 0.3 is 5.97 Å². The molecule has 0 bridgehead atoms. The summed E-state index contributed by atoms with van der Waals surface area (Å²) in [7, 11) is 0. The van der Waals surface area contributed by atoms with Gasteiger partial charge in [0.15, 0.2) is 5.78 Å². The Morgan fingerprint density at radius 3 is 2.71 bits per heavy atom. The van der Waals surface area contributed by atoms with Crippen LogP contribution in [-0.4, -0.2) is 42.6 Å². The number of nitrogens with one attached hydrogen (secondary N) is 1. The van der Waals surface area contributed by atoms with Crippen molar-refractivity contribution in [3.8, 4) is 0 Å². The molecule has 1 fully saturated rings. The summed E-state index contributed by atoms with van der Waals surface area (Å²) < 4.78 is 4.64. The van der Waals surface area contributed by atoms with Crippen LogP contribution < -0.4 is 5.32 Å². The van der Waals surface area contributed by atoms with Gasteiger partial charge in [0.05, 0.1) is 6.61 Å². The molecule has 1 aliphatic heterocycles. The van der Waals surface area contributed by atoms with Crippen LogP contribution in [0.1, 0.15) is 20.3 Å². The summed E-state index contributed by atoms with van der Waals surface area (Å²) in [6.07, 6.45) is -0.296. The minimum atomic E-state index is -0.849. The maximum Gasteiger partial charge on any atom is 0.364 e. The first kappa shape index (κ1) is 13.1. The molecular formula is C10H14N2O5. The van der Waals surface area contributed by atoms with Gasteiger partial charge in [0.25, 0.3) is 5.91 Å². The molecule has 17 heavy (non-hydrogen) atoms. The number of oxime groups is 1. The van der Waals surface area contributed by atoms with Crippen LogP contribution in [-0.2, 0) is 24.0 Å². The highest BCUT2D eigenvalue weighted by molar-refractivity contribution is 6.63. The second-order valence-electron chi connectivity index (χ2n) is 3.39. The molecule has 1 aliphatic rings. The summed E-state index contributed by atoms with van der Waals surface area (Å²) in [5.41, 5.74) is -0.438. The Hall–Kier alpha value is -1.92. The highest BCUT2D eigenvalue weighted by Gasteiger charge is 2.27. The lowest BCUT2D eigenvalue weighted by Crippen LogP contribution is -2.28. The van der Waals surface area contributed by atoms with Gasteiger partial charge in [-0.15, -0.1) is 0 Å². The van der Waals surface area contributed by atoms with Crippen molar-refractivity contribution in [2.45, 2.75) is 26.4 Å². The highest BCUT2D eigenvalue weighted by atomic mass is 16.6. The van der Waals surface area contributed by atoms with Gasteiger partial charge < -0.3 is 14.9 Å². The first-order valence-corrected chi connectivity index (χ1v) is 5.25. The van der Waals surface area contributed by atoms with Crippen molar-refractivity contribution in [2.24, 2.45) is 5.16 Å². The molecule has 1 N–H and O–H groups in total. The Morgan fingerprint density at radius 2 is 2.24 bits per heavy atom. The number of carbonyl (C=O) groups excluding carboxylic acids is 3. The lowest BCUT2D eigenvalue weighted by Gasteiger charge is -2.06. The number of hydrogen-bond donors (Lipinski definition) is 1. The van der Waals surface area contributed by atoms with Crippen molar-refractivity contribution in [1.82, 2.24) is 5.32 Å². The molecule has 0 aromatic carbocycles. The van der Waals surface area contributed by atoms with E-state index in [1.165, 1.54) is 6.92 Å². The zero-order valence-corrected chi connectivity index (χ0v) is 9.69. The minimum absolute atomic E-state index is 0.134. The molecule has 0 aliphatic carbocycles. The molecule has 0 radical (unpaired) electrons. The van der Waals surface area contributed by atoms with Crippen LogP contribution in [0.15, 0.2) is 5.16 Å². The van der Waals surface area contributed by atoms with E-state index >= 15 is 0 Å². The second-order valence-corrected chi connectivity index (χ2v) is 3.39. The van der Waals surface area contributed by atoms with Crippen molar-refractivity contribution in [3.05, 3.63) is 0 Å². The largest absolute Gasteiger partial charge is 0.461 e. The fraction of sp³-hybridized carbons (Fsp3) is 0.600. The molecule has 0 saturated carbocycles. The van der Waals surface area contributed by atoms with Crippen molar-refractivity contribution in [3.63, 3.8) is 0 Å². The first-order valence-electron chi connectivity index (χ1n) is 5.25. The van der Waals surface area contributed by atoms with E-state index in [1.54, 1.807) is 6.92 Å². The summed E-state index contributed by atoms with van der Waals surface area (Å²) >= 11 is 0. The molecule has 1 heterocycles. The minimum Gasteiger partial charge on any atom is -0.461 e. The molecule has 7 nitrogen and oxygen atoms in total. The van der Waals surface area contributed by atoms with Crippen LogP contribution in [0.5, 0.6) is 0 Å². The maximum absolute atomic E-state index is 11.3. The lowest BCUT2D eigenvalue weighted by molar-refractivity contribution is -0.137. The van der Waals surface area contributed by atoms with E-state index in [9.17, 15) is 14.4 Å². The standard InChI is InChI=1S/C10H14N2O5/c1-3-16-10(15)8(6(2)13)12-17-7-4-5-11-9(7)14/h7H,3-5H2,1-2H3,(H,11,14)/b12-8+/t7-/m0/s1. The van der Waals surface area contributed by atoms with Gasteiger partial charge in [-0.2, -0.15) is 0 Å². The lowest BCUT2D eigenvalue weighted by atomic mass is 10.3. The van der Waals surface area contributed by atoms with E-state index in [4.69, 9.17) is 4.84 Å². The van der Waals surface area contributed by atoms with Gasteiger partial charge in [0, 0.05) is 19.9 Å². The number of ether oxygens (including phenoxy) is 1. The Labute approximate surface area is 98.1 Å². The van der Waals surface area contributed by atoms with Crippen molar-refractivity contribution >= 4 is 23.4 Å². The molecule has 0 aromatic heterocycles. The summed E-state index contributed by atoms with van der Waals surface area (Å²) in [6.45, 7) is 3.41. The summed E-state index contributed by atoms with van der Waals surface area (Å²) in [6, 6.07) is 0. The zero-order chi connectivity index (χ0) is 12.8. The molecule has 1 amide bonds. The molecule has 0 spiro atoms. The number of hydrogen-bond acceptors (Lipinski definition) is 6.